The molecule has 226 valence electrons. The number of alkyl carbamates (subject to hydrolysis) is 1. The number of carbonyl (C=O) groups is 1. The van der Waals surface area contributed by atoms with Crippen LogP contribution in [-0.2, 0) is 18.6 Å². The molecule has 1 saturated heterocycles. The van der Waals surface area contributed by atoms with Gasteiger partial charge < -0.3 is 29.1 Å². The highest BCUT2D eigenvalue weighted by atomic mass is 28.4. The summed E-state index contributed by atoms with van der Waals surface area (Å²) in [4.78, 5) is 13.1. The zero-order valence-electron chi connectivity index (χ0n) is 26.0. The molecule has 1 aliphatic rings. The number of nitrogens with one attached hydrogen (secondary N) is 1. The lowest BCUT2D eigenvalue weighted by Gasteiger charge is -2.44. The molecular formula is C33H49NO6Si. The number of rotatable bonds is 11. The molecule has 41 heavy (non-hydrogen) atoms. The van der Waals surface area contributed by atoms with Gasteiger partial charge in [0.05, 0.1) is 18.8 Å². The van der Waals surface area contributed by atoms with Crippen LogP contribution in [0.25, 0.3) is 0 Å². The Balaban J connectivity index is 2.07. The van der Waals surface area contributed by atoms with Gasteiger partial charge in [0.25, 0.3) is 8.32 Å². The summed E-state index contributed by atoms with van der Waals surface area (Å²) < 4.78 is 25.4. The molecule has 1 heterocycles. The van der Waals surface area contributed by atoms with Crippen LogP contribution >= 0.6 is 0 Å². The Morgan fingerprint density at radius 3 is 1.98 bits per heavy atom. The molecule has 1 unspecified atom stereocenters. The summed E-state index contributed by atoms with van der Waals surface area (Å²) in [5, 5.41) is 16.1. The third-order valence-electron chi connectivity index (χ3n) is 7.20. The van der Waals surface area contributed by atoms with Crippen LogP contribution in [0.4, 0.5) is 4.79 Å². The van der Waals surface area contributed by atoms with Crippen LogP contribution in [0.5, 0.6) is 0 Å². The summed E-state index contributed by atoms with van der Waals surface area (Å²) in [7, 11) is -2.93. The number of allylic oxidation sites excluding steroid dienone is 1. The molecule has 3 rings (SSSR count). The maximum atomic E-state index is 13.1. The molecule has 0 radical (unpaired) electrons. The molecule has 0 aliphatic carbocycles. The first kappa shape index (κ1) is 33.0. The largest absolute Gasteiger partial charge is 0.444 e. The minimum absolute atomic E-state index is 0.126. The summed E-state index contributed by atoms with van der Waals surface area (Å²) in [6, 6.07) is 20.0. The van der Waals surface area contributed by atoms with E-state index in [1.807, 2.05) is 71.0 Å². The summed E-state index contributed by atoms with van der Waals surface area (Å²) >= 11 is 0. The Bertz CT molecular complexity index is 1090. The fraction of sp³-hybridized carbons (Fsp3) is 0.545. The number of aliphatic hydroxyl groups is 1. The van der Waals surface area contributed by atoms with Crippen molar-refractivity contribution in [2.45, 2.75) is 109 Å². The zero-order chi connectivity index (χ0) is 30.5. The molecule has 2 aromatic carbocycles. The van der Waals surface area contributed by atoms with E-state index < -0.39 is 50.2 Å². The predicted octanol–water partition coefficient (Wildman–Crippen LogP) is 5.30. The van der Waals surface area contributed by atoms with Crippen molar-refractivity contribution in [1.29, 1.82) is 0 Å². The summed E-state index contributed by atoms with van der Waals surface area (Å²) in [6.45, 7) is 19.6. The third-order valence-corrected chi connectivity index (χ3v) is 12.2. The maximum absolute atomic E-state index is 13.1. The van der Waals surface area contributed by atoms with E-state index in [4.69, 9.17) is 18.6 Å². The number of amides is 1. The van der Waals surface area contributed by atoms with Crippen molar-refractivity contribution < 1.29 is 28.5 Å². The predicted molar refractivity (Wildman–Crippen MR) is 166 cm³/mol. The van der Waals surface area contributed by atoms with Crippen molar-refractivity contribution in [3.63, 3.8) is 0 Å². The van der Waals surface area contributed by atoms with Gasteiger partial charge in [0.2, 0.25) is 0 Å². The molecule has 7 nitrogen and oxygen atoms in total. The molecule has 2 N–H and O–H groups in total. The van der Waals surface area contributed by atoms with Gasteiger partial charge in [0, 0.05) is 0 Å². The molecule has 1 fully saturated rings. The fourth-order valence-corrected chi connectivity index (χ4v) is 10.1. The number of aliphatic hydroxyl groups excluding tert-OH is 1. The standard InChI is InChI=1S/C33H49NO6Si/c1-10-11-22-27(35)29-28(38-33(8,9)39-29)26(34-30(36)40-31(2,3)4)23-37-41(32(5,6)7,24-18-14-12-15-19-24)25-20-16-13-17-21-25/h10,12-21,26-29,35H,1,11,22-23H2,2-9H3,(H,34,36)/t26-,27?,28-,29-/m1/s1. The molecule has 1 aliphatic heterocycles. The average molecular weight is 584 g/mol. The van der Waals surface area contributed by atoms with Gasteiger partial charge in [-0.05, 0) is 62.9 Å². The van der Waals surface area contributed by atoms with E-state index in [0.29, 0.717) is 12.8 Å². The average Bonchev–Trinajstić information content (AvgIpc) is 3.21. The van der Waals surface area contributed by atoms with Gasteiger partial charge >= 0.3 is 6.09 Å². The minimum Gasteiger partial charge on any atom is -0.444 e. The number of benzene rings is 2. The van der Waals surface area contributed by atoms with Gasteiger partial charge in [-0.2, -0.15) is 0 Å². The van der Waals surface area contributed by atoms with Crippen molar-refractivity contribution >= 4 is 24.8 Å². The molecule has 0 spiro atoms. The van der Waals surface area contributed by atoms with Gasteiger partial charge in [-0.25, -0.2) is 4.79 Å². The van der Waals surface area contributed by atoms with Gasteiger partial charge in [0.15, 0.2) is 5.79 Å². The maximum Gasteiger partial charge on any atom is 0.408 e. The number of hydrogen-bond acceptors (Lipinski definition) is 6. The van der Waals surface area contributed by atoms with Gasteiger partial charge in [-0.3, -0.25) is 0 Å². The van der Waals surface area contributed by atoms with E-state index in [1.54, 1.807) is 6.08 Å². The van der Waals surface area contributed by atoms with Crippen molar-refractivity contribution in [1.82, 2.24) is 5.32 Å². The number of hydrogen-bond donors (Lipinski definition) is 2. The lowest BCUT2D eigenvalue weighted by atomic mass is 9.98. The van der Waals surface area contributed by atoms with Gasteiger partial charge in [0.1, 0.15) is 17.8 Å². The Morgan fingerprint density at radius 1 is 1.00 bits per heavy atom. The monoisotopic (exact) mass is 583 g/mol. The topological polar surface area (TPSA) is 86.3 Å². The molecule has 0 bridgehead atoms. The van der Waals surface area contributed by atoms with Crippen LogP contribution in [0.15, 0.2) is 73.3 Å². The fourth-order valence-electron chi connectivity index (χ4n) is 5.53. The highest BCUT2D eigenvalue weighted by Gasteiger charge is 2.53. The first-order valence-corrected chi connectivity index (χ1v) is 16.4. The molecule has 8 heteroatoms. The van der Waals surface area contributed by atoms with Crippen LogP contribution in [-0.4, -0.2) is 61.9 Å². The van der Waals surface area contributed by atoms with Gasteiger partial charge in [-0.1, -0.05) is 87.5 Å². The van der Waals surface area contributed by atoms with Crippen LogP contribution < -0.4 is 15.7 Å². The highest BCUT2D eigenvalue weighted by molar-refractivity contribution is 6.99. The van der Waals surface area contributed by atoms with E-state index in [2.05, 4.69) is 56.9 Å². The molecule has 2 aromatic rings. The molecule has 4 atom stereocenters. The second-order valence-corrected chi connectivity index (χ2v) is 17.5. The van der Waals surface area contributed by atoms with Crippen molar-refractivity contribution in [2.24, 2.45) is 0 Å². The zero-order valence-corrected chi connectivity index (χ0v) is 27.0. The molecule has 0 aromatic heterocycles. The Hall–Kier alpha value is -2.49. The summed E-state index contributed by atoms with van der Waals surface area (Å²) in [5.74, 6) is -0.963. The molecular weight excluding hydrogens is 534 g/mol. The van der Waals surface area contributed by atoms with Crippen molar-refractivity contribution in [3.05, 3.63) is 73.3 Å². The first-order valence-electron chi connectivity index (χ1n) is 14.5. The summed E-state index contributed by atoms with van der Waals surface area (Å²) in [5.41, 5.74) is -0.692. The normalized spacial score (nSPS) is 20.7. The first-order chi connectivity index (χ1) is 19.1. The third kappa shape index (κ3) is 8.29. The lowest BCUT2D eigenvalue weighted by molar-refractivity contribution is -0.157. The highest BCUT2D eigenvalue weighted by Crippen LogP contribution is 2.38. The minimum atomic E-state index is -2.93. The second kappa shape index (κ2) is 13.2. The Kier molecular flexibility index (Phi) is 10.6. The second-order valence-electron chi connectivity index (χ2n) is 13.2. The van der Waals surface area contributed by atoms with Crippen molar-refractivity contribution in [2.75, 3.05) is 6.61 Å². The quantitative estimate of drug-likeness (QED) is 0.276. The molecule has 1 amide bonds. The number of carbonyl (C=O) groups excluding carboxylic acids is 1. The van der Waals surface area contributed by atoms with E-state index in [1.165, 1.54) is 0 Å². The Morgan fingerprint density at radius 2 is 1.51 bits per heavy atom. The van der Waals surface area contributed by atoms with Crippen LogP contribution in [0, 0.1) is 0 Å². The van der Waals surface area contributed by atoms with Crippen LogP contribution in [0.2, 0.25) is 5.04 Å². The van der Waals surface area contributed by atoms with E-state index in [-0.39, 0.29) is 11.6 Å². The Labute approximate surface area is 247 Å². The molecule has 0 saturated carbocycles. The van der Waals surface area contributed by atoms with Gasteiger partial charge in [-0.15, -0.1) is 6.58 Å². The SMILES string of the molecule is C=CCCC(O)[C@H]1OC(C)(C)O[C@@H]1[C@@H](CO[Si](c1ccccc1)(c1ccccc1)C(C)(C)C)NC(=O)OC(C)(C)C. The van der Waals surface area contributed by atoms with Crippen molar-refractivity contribution in [3.8, 4) is 0 Å². The van der Waals surface area contributed by atoms with Crippen LogP contribution in [0.3, 0.4) is 0 Å². The van der Waals surface area contributed by atoms with E-state index in [0.717, 1.165) is 10.4 Å². The number of ether oxygens (including phenoxy) is 3. The summed E-state index contributed by atoms with van der Waals surface area (Å²) in [6.07, 6.45) is 0.0669. The van der Waals surface area contributed by atoms with E-state index >= 15 is 0 Å². The smallest absolute Gasteiger partial charge is 0.408 e. The van der Waals surface area contributed by atoms with Crippen LogP contribution in [0.1, 0.15) is 68.2 Å². The lowest BCUT2D eigenvalue weighted by Crippen LogP contribution is -2.68. The van der Waals surface area contributed by atoms with E-state index in [9.17, 15) is 9.90 Å².